The number of hydrogen-bond acceptors (Lipinski definition) is 4. The second-order valence-corrected chi connectivity index (χ2v) is 4.51. The molecule has 18 heavy (non-hydrogen) atoms. The van der Waals surface area contributed by atoms with Crippen LogP contribution in [0.4, 0.5) is 0 Å². The molecule has 1 aliphatic rings. The molecule has 2 atom stereocenters. The molecule has 2 N–H and O–H groups in total. The van der Waals surface area contributed by atoms with Gasteiger partial charge in [-0.25, -0.2) is 4.98 Å². The number of nitrogens with one attached hydrogen (secondary N) is 2. The monoisotopic (exact) mass is 245 g/mol. The third-order valence-electron chi connectivity index (χ3n) is 3.30. The van der Waals surface area contributed by atoms with E-state index in [1.165, 1.54) is 6.92 Å². The third kappa shape index (κ3) is 1.86. The molecule has 2 aromatic heterocycles. The molecule has 3 heterocycles. The Morgan fingerprint density at radius 3 is 3.28 bits per heavy atom. The SMILES string of the molecule is CC(=O)O[C@H]1CCNC1c1c[nH]c2ncccc12. The fourth-order valence-electron chi connectivity index (χ4n) is 2.56. The maximum Gasteiger partial charge on any atom is 0.302 e. The van der Waals surface area contributed by atoms with E-state index in [4.69, 9.17) is 4.74 Å². The summed E-state index contributed by atoms with van der Waals surface area (Å²) in [6.45, 7) is 2.31. The van der Waals surface area contributed by atoms with Gasteiger partial charge in [-0.1, -0.05) is 0 Å². The highest BCUT2D eigenvalue weighted by molar-refractivity contribution is 5.80. The molecule has 3 rings (SSSR count). The first-order valence-corrected chi connectivity index (χ1v) is 6.08. The van der Waals surface area contributed by atoms with Gasteiger partial charge in [0.2, 0.25) is 0 Å². The number of esters is 1. The van der Waals surface area contributed by atoms with Gasteiger partial charge in [0.1, 0.15) is 11.8 Å². The predicted octanol–water partition coefficient (Wildman–Crippen LogP) is 1.53. The van der Waals surface area contributed by atoms with Crippen LogP contribution in [0.1, 0.15) is 24.9 Å². The van der Waals surface area contributed by atoms with Gasteiger partial charge >= 0.3 is 5.97 Å². The number of carbonyl (C=O) groups excluding carboxylic acids is 1. The topological polar surface area (TPSA) is 67.0 Å². The van der Waals surface area contributed by atoms with Crippen molar-refractivity contribution >= 4 is 17.0 Å². The minimum absolute atomic E-state index is 0.0480. The number of nitrogens with zero attached hydrogens (tertiary/aromatic N) is 1. The molecule has 1 unspecified atom stereocenters. The van der Waals surface area contributed by atoms with E-state index in [9.17, 15) is 4.79 Å². The minimum Gasteiger partial charge on any atom is -0.460 e. The van der Waals surface area contributed by atoms with Crippen molar-refractivity contribution in [1.82, 2.24) is 15.3 Å². The number of aromatic amines is 1. The number of hydrogen-bond donors (Lipinski definition) is 2. The highest BCUT2D eigenvalue weighted by Gasteiger charge is 2.32. The first-order chi connectivity index (χ1) is 8.75. The Hall–Kier alpha value is -1.88. The standard InChI is InChI=1S/C13H15N3O2/c1-8(17)18-11-4-6-14-12(11)10-7-16-13-9(10)3-2-5-15-13/h2-3,5,7,11-12,14H,4,6H2,1H3,(H,15,16)/t11-,12?/m0/s1. The van der Waals surface area contributed by atoms with Crippen LogP contribution in [0.25, 0.3) is 11.0 Å². The minimum atomic E-state index is -0.230. The number of ether oxygens (including phenoxy) is 1. The summed E-state index contributed by atoms with van der Waals surface area (Å²) in [5.41, 5.74) is 1.98. The fourth-order valence-corrected chi connectivity index (χ4v) is 2.56. The summed E-state index contributed by atoms with van der Waals surface area (Å²) in [5.74, 6) is -0.230. The average molecular weight is 245 g/mol. The van der Waals surface area contributed by atoms with Crippen molar-refractivity contribution in [2.75, 3.05) is 6.54 Å². The number of pyridine rings is 1. The van der Waals surface area contributed by atoms with Crippen LogP contribution < -0.4 is 5.32 Å². The van der Waals surface area contributed by atoms with E-state index in [1.54, 1.807) is 6.20 Å². The van der Waals surface area contributed by atoms with Crippen molar-refractivity contribution in [2.45, 2.75) is 25.5 Å². The molecule has 1 saturated heterocycles. The lowest BCUT2D eigenvalue weighted by molar-refractivity contribution is -0.146. The van der Waals surface area contributed by atoms with E-state index in [0.29, 0.717) is 0 Å². The zero-order valence-corrected chi connectivity index (χ0v) is 10.1. The summed E-state index contributed by atoms with van der Waals surface area (Å²) >= 11 is 0. The molecule has 1 aliphatic heterocycles. The van der Waals surface area contributed by atoms with E-state index < -0.39 is 0 Å². The molecule has 0 aliphatic carbocycles. The fraction of sp³-hybridized carbons (Fsp3) is 0.385. The Kier molecular flexibility index (Phi) is 2.76. The van der Waals surface area contributed by atoms with Crippen LogP contribution in [0.2, 0.25) is 0 Å². The van der Waals surface area contributed by atoms with Crippen LogP contribution in [0.15, 0.2) is 24.5 Å². The molecule has 2 aromatic rings. The van der Waals surface area contributed by atoms with Crippen molar-refractivity contribution < 1.29 is 9.53 Å². The molecule has 5 heteroatoms. The highest BCUT2D eigenvalue weighted by atomic mass is 16.5. The molecule has 0 spiro atoms. The molecule has 0 saturated carbocycles. The maximum atomic E-state index is 11.1. The van der Waals surface area contributed by atoms with E-state index in [1.807, 2.05) is 18.3 Å². The lowest BCUT2D eigenvalue weighted by atomic mass is 10.0. The number of fused-ring (bicyclic) bond motifs is 1. The average Bonchev–Trinajstić information content (AvgIpc) is 2.94. The van der Waals surface area contributed by atoms with Crippen LogP contribution in [-0.4, -0.2) is 28.6 Å². The molecule has 0 radical (unpaired) electrons. The van der Waals surface area contributed by atoms with E-state index in [-0.39, 0.29) is 18.1 Å². The zero-order valence-electron chi connectivity index (χ0n) is 10.1. The van der Waals surface area contributed by atoms with Crippen molar-refractivity contribution in [1.29, 1.82) is 0 Å². The van der Waals surface area contributed by atoms with Gasteiger partial charge in [-0.05, 0) is 30.7 Å². The van der Waals surface area contributed by atoms with Crippen LogP contribution >= 0.6 is 0 Å². The lowest BCUT2D eigenvalue weighted by Crippen LogP contribution is -2.25. The number of rotatable bonds is 2. The summed E-state index contributed by atoms with van der Waals surface area (Å²) in [7, 11) is 0. The molecule has 0 amide bonds. The Bertz CT molecular complexity index is 578. The van der Waals surface area contributed by atoms with Crippen LogP contribution in [0.5, 0.6) is 0 Å². The van der Waals surface area contributed by atoms with Crippen LogP contribution in [0, 0.1) is 0 Å². The second-order valence-electron chi connectivity index (χ2n) is 4.51. The molecule has 1 fully saturated rings. The Balaban J connectivity index is 1.96. The van der Waals surface area contributed by atoms with Gasteiger partial charge in [0.15, 0.2) is 0 Å². The van der Waals surface area contributed by atoms with E-state index >= 15 is 0 Å². The normalized spacial score (nSPS) is 23.4. The Morgan fingerprint density at radius 1 is 1.56 bits per heavy atom. The Labute approximate surface area is 105 Å². The van der Waals surface area contributed by atoms with Crippen LogP contribution in [-0.2, 0) is 9.53 Å². The zero-order chi connectivity index (χ0) is 12.5. The summed E-state index contributed by atoms with van der Waals surface area (Å²) in [5, 5.41) is 4.46. The molecular weight excluding hydrogens is 230 g/mol. The summed E-state index contributed by atoms with van der Waals surface area (Å²) < 4.78 is 5.36. The van der Waals surface area contributed by atoms with Gasteiger partial charge in [0, 0.05) is 24.7 Å². The number of aromatic nitrogens is 2. The molecule has 0 aromatic carbocycles. The predicted molar refractivity (Wildman–Crippen MR) is 67.0 cm³/mol. The van der Waals surface area contributed by atoms with Crippen LogP contribution in [0.3, 0.4) is 0 Å². The molecule has 0 bridgehead atoms. The third-order valence-corrected chi connectivity index (χ3v) is 3.30. The largest absolute Gasteiger partial charge is 0.460 e. The summed E-state index contributed by atoms with van der Waals surface area (Å²) in [4.78, 5) is 18.5. The highest BCUT2D eigenvalue weighted by Crippen LogP contribution is 2.31. The second kappa shape index (κ2) is 4.42. The quantitative estimate of drug-likeness (QED) is 0.787. The van der Waals surface area contributed by atoms with E-state index in [0.717, 1.165) is 29.6 Å². The Morgan fingerprint density at radius 2 is 2.44 bits per heavy atom. The van der Waals surface area contributed by atoms with Gasteiger partial charge in [-0.3, -0.25) is 4.79 Å². The van der Waals surface area contributed by atoms with Gasteiger partial charge in [-0.15, -0.1) is 0 Å². The molecular formula is C13H15N3O2. The number of H-pyrrole nitrogens is 1. The van der Waals surface area contributed by atoms with Gasteiger partial charge in [0.25, 0.3) is 0 Å². The van der Waals surface area contributed by atoms with Gasteiger partial charge in [0.05, 0.1) is 6.04 Å². The first-order valence-electron chi connectivity index (χ1n) is 6.08. The molecule has 94 valence electrons. The maximum absolute atomic E-state index is 11.1. The van der Waals surface area contributed by atoms with Crippen molar-refractivity contribution in [3.8, 4) is 0 Å². The smallest absolute Gasteiger partial charge is 0.302 e. The van der Waals surface area contributed by atoms with Gasteiger partial charge in [-0.2, -0.15) is 0 Å². The lowest BCUT2D eigenvalue weighted by Gasteiger charge is -2.18. The molecule has 5 nitrogen and oxygen atoms in total. The van der Waals surface area contributed by atoms with Crippen molar-refractivity contribution in [3.05, 3.63) is 30.1 Å². The summed E-state index contributed by atoms with van der Waals surface area (Å²) in [6.07, 6.45) is 4.45. The van der Waals surface area contributed by atoms with E-state index in [2.05, 4.69) is 15.3 Å². The van der Waals surface area contributed by atoms with Gasteiger partial charge < -0.3 is 15.0 Å². The number of carbonyl (C=O) groups is 1. The summed E-state index contributed by atoms with van der Waals surface area (Å²) in [6, 6.07) is 3.99. The first kappa shape index (κ1) is 11.2. The van der Waals surface area contributed by atoms with Crippen molar-refractivity contribution in [2.24, 2.45) is 0 Å². The van der Waals surface area contributed by atoms with Crippen molar-refractivity contribution in [3.63, 3.8) is 0 Å².